The molecule has 0 spiro atoms. The molecule has 0 saturated carbocycles. The van der Waals surface area contributed by atoms with Crippen molar-refractivity contribution in [3.8, 4) is 0 Å². The topological polar surface area (TPSA) is 96.0 Å². The predicted octanol–water partition coefficient (Wildman–Crippen LogP) is 3.29. The van der Waals surface area contributed by atoms with Crippen LogP contribution in [0.5, 0.6) is 0 Å². The van der Waals surface area contributed by atoms with E-state index in [0.717, 1.165) is 0 Å². The minimum Gasteiger partial charge on any atom is -0.350 e. The number of rotatable bonds is 7. The summed E-state index contributed by atoms with van der Waals surface area (Å²) in [5.74, 6) is -0.382. The van der Waals surface area contributed by atoms with Gasteiger partial charge in [0.05, 0.1) is 12.4 Å². The summed E-state index contributed by atoms with van der Waals surface area (Å²) in [6, 6.07) is 13.6. The first-order chi connectivity index (χ1) is 14.0. The zero-order valence-corrected chi connectivity index (χ0v) is 15.8. The van der Waals surface area contributed by atoms with E-state index in [1.54, 1.807) is 36.4 Å². The van der Waals surface area contributed by atoms with Crippen molar-refractivity contribution in [3.63, 3.8) is 0 Å². The predicted molar refractivity (Wildman–Crippen MR) is 108 cm³/mol. The van der Waals surface area contributed by atoms with Crippen molar-refractivity contribution in [2.24, 2.45) is 0 Å². The molecule has 0 aliphatic rings. The number of benzene rings is 2. The summed E-state index contributed by atoms with van der Waals surface area (Å²) < 4.78 is 13.6. The van der Waals surface area contributed by atoms with E-state index in [1.165, 1.54) is 25.4 Å². The Morgan fingerprint density at radius 1 is 1.00 bits per heavy atom. The Labute approximate surface area is 167 Å². The summed E-state index contributed by atoms with van der Waals surface area (Å²) in [6.45, 7) is 1.73. The van der Waals surface area contributed by atoms with E-state index in [9.17, 15) is 14.0 Å². The normalized spacial score (nSPS) is 10.3. The van der Waals surface area contributed by atoms with Crippen LogP contribution in [0.4, 0.5) is 21.6 Å². The second kappa shape index (κ2) is 9.41. The molecule has 7 nitrogen and oxygen atoms in total. The van der Waals surface area contributed by atoms with Crippen molar-refractivity contribution < 1.29 is 14.0 Å². The molecule has 0 saturated heterocycles. The molecule has 0 fully saturated rings. The second-order valence-corrected chi connectivity index (χ2v) is 6.27. The third-order valence-corrected chi connectivity index (χ3v) is 3.98. The van der Waals surface area contributed by atoms with Gasteiger partial charge in [-0.15, -0.1) is 0 Å². The number of aromatic nitrogens is 2. The molecule has 0 unspecified atom stereocenters. The highest BCUT2D eigenvalue weighted by molar-refractivity contribution is 5.92. The molecule has 29 heavy (non-hydrogen) atoms. The maximum atomic E-state index is 13.6. The van der Waals surface area contributed by atoms with Crippen LogP contribution in [0, 0.1) is 5.82 Å². The van der Waals surface area contributed by atoms with Crippen LogP contribution < -0.4 is 16.0 Å². The number of carbonyl (C=O) groups excluding carboxylic acids is 2. The molecule has 3 rings (SSSR count). The largest absolute Gasteiger partial charge is 0.350 e. The highest BCUT2D eigenvalue weighted by Gasteiger charge is 2.09. The number of anilines is 3. The molecule has 148 valence electrons. The minimum absolute atomic E-state index is 0.160. The van der Waals surface area contributed by atoms with Crippen molar-refractivity contribution in [1.29, 1.82) is 0 Å². The molecular formula is C21H20FN5O2. The standard InChI is InChI=1S/C21H20FN5O2/c1-14(28)26-16-6-4-7-17(11-16)27-20-13-24-19(12-25-20)21(29)23-10-9-15-5-2-3-8-18(15)22/h2-8,11-13H,9-10H2,1H3,(H,23,29)(H,25,27)(H,26,28). The van der Waals surface area contributed by atoms with Gasteiger partial charge >= 0.3 is 0 Å². The first-order valence-corrected chi connectivity index (χ1v) is 8.99. The third kappa shape index (κ3) is 5.83. The van der Waals surface area contributed by atoms with Crippen molar-refractivity contribution in [2.75, 3.05) is 17.2 Å². The van der Waals surface area contributed by atoms with Gasteiger partial charge in [0.2, 0.25) is 5.91 Å². The molecule has 0 bridgehead atoms. The van der Waals surface area contributed by atoms with Gasteiger partial charge in [0, 0.05) is 24.8 Å². The maximum Gasteiger partial charge on any atom is 0.271 e. The number of hydrogen-bond acceptors (Lipinski definition) is 5. The Bertz CT molecular complexity index is 1010. The number of nitrogens with one attached hydrogen (secondary N) is 3. The summed E-state index contributed by atoms with van der Waals surface area (Å²) in [4.78, 5) is 31.6. The first-order valence-electron chi connectivity index (χ1n) is 8.99. The number of halogens is 1. The Hall–Kier alpha value is -3.81. The van der Waals surface area contributed by atoms with Gasteiger partial charge in [-0.3, -0.25) is 9.59 Å². The van der Waals surface area contributed by atoms with E-state index in [0.29, 0.717) is 29.2 Å². The van der Waals surface area contributed by atoms with Crippen LogP contribution in [0.25, 0.3) is 0 Å². The van der Waals surface area contributed by atoms with Gasteiger partial charge in [-0.25, -0.2) is 14.4 Å². The maximum absolute atomic E-state index is 13.6. The van der Waals surface area contributed by atoms with Crippen molar-refractivity contribution in [3.05, 3.63) is 78.0 Å². The zero-order chi connectivity index (χ0) is 20.6. The van der Waals surface area contributed by atoms with Gasteiger partial charge < -0.3 is 16.0 Å². The molecule has 0 radical (unpaired) electrons. The molecular weight excluding hydrogens is 373 g/mol. The molecule has 0 aliphatic heterocycles. The molecule has 8 heteroatoms. The highest BCUT2D eigenvalue weighted by Crippen LogP contribution is 2.18. The summed E-state index contributed by atoms with van der Waals surface area (Å²) >= 11 is 0. The molecule has 3 aromatic rings. The van der Waals surface area contributed by atoms with E-state index in [2.05, 4.69) is 25.9 Å². The number of amides is 2. The van der Waals surface area contributed by atoms with Crippen molar-refractivity contribution >= 4 is 29.0 Å². The van der Waals surface area contributed by atoms with E-state index in [1.807, 2.05) is 6.07 Å². The lowest BCUT2D eigenvalue weighted by molar-refractivity contribution is -0.114. The summed E-state index contributed by atoms with van der Waals surface area (Å²) in [7, 11) is 0. The van der Waals surface area contributed by atoms with Gasteiger partial charge in [-0.05, 0) is 36.2 Å². The number of nitrogens with zero attached hydrogens (tertiary/aromatic N) is 2. The van der Waals surface area contributed by atoms with Crippen molar-refractivity contribution in [1.82, 2.24) is 15.3 Å². The third-order valence-electron chi connectivity index (χ3n) is 3.98. The summed E-state index contributed by atoms with van der Waals surface area (Å²) in [5, 5.41) is 8.46. The van der Waals surface area contributed by atoms with Crippen molar-refractivity contribution in [2.45, 2.75) is 13.3 Å². The van der Waals surface area contributed by atoms with Crippen LogP contribution in [0.3, 0.4) is 0 Å². The number of carbonyl (C=O) groups is 2. The Morgan fingerprint density at radius 3 is 2.52 bits per heavy atom. The van der Waals surface area contributed by atoms with Crippen LogP contribution in [0.2, 0.25) is 0 Å². The lowest BCUT2D eigenvalue weighted by atomic mass is 10.1. The Morgan fingerprint density at radius 2 is 1.79 bits per heavy atom. The highest BCUT2D eigenvalue weighted by atomic mass is 19.1. The van der Waals surface area contributed by atoms with Gasteiger partial charge in [0.25, 0.3) is 5.91 Å². The van der Waals surface area contributed by atoms with Crippen LogP contribution in [0.15, 0.2) is 60.9 Å². The fraction of sp³-hybridized carbons (Fsp3) is 0.143. The molecule has 2 aromatic carbocycles. The number of hydrogen-bond donors (Lipinski definition) is 3. The monoisotopic (exact) mass is 393 g/mol. The summed E-state index contributed by atoms with van der Waals surface area (Å²) in [6.07, 6.45) is 3.19. The van der Waals surface area contributed by atoms with Crippen LogP contribution >= 0.6 is 0 Å². The molecule has 2 amide bonds. The molecule has 0 aliphatic carbocycles. The van der Waals surface area contributed by atoms with E-state index in [4.69, 9.17) is 0 Å². The van der Waals surface area contributed by atoms with E-state index in [-0.39, 0.29) is 29.9 Å². The lowest BCUT2D eigenvalue weighted by Gasteiger charge is -2.09. The van der Waals surface area contributed by atoms with Gasteiger partial charge in [-0.1, -0.05) is 24.3 Å². The van der Waals surface area contributed by atoms with Crippen LogP contribution in [-0.4, -0.2) is 28.3 Å². The fourth-order valence-electron chi connectivity index (χ4n) is 2.64. The molecule has 1 heterocycles. The quantitative estimate of drug-likeness (QED) is 0.572. The van der Waals surface area contributed by atoms with Crippen LogP contribution in [-0.2, 0) is 11.2 Å². The molecule has 0 atom stereocenters. The SMILES string of the molecule is CC(=O)Nc1cccc(Nc2cnc(C(=O)NCCc3ccccc3F)cn2)c1. The van der Waals surface area contributed by atoms with E-state index < -0.39 is 0 Å². The first kappa shape index (κ1) is 19.9. The Kier molecular flexibility index (Phi) is 6.47. The van der Waals surface area contributed by atoms with Crippen LogP contribution in [0.1, 0.15) is 23.0 Å². The average molecular weight is 393 g/mol. The van der Waals surface area contributed by atoms with Gasteiger partial charge in [0.1, 0.15) is 17.3 Å². The molecule has 1 aromatic heterocycles. The van der Waals surface area contributed by atoms with Gasteiger partial charge in [0.15, 0.2) is 0 Å². The lowest BCUT2D eigenvalue weighted by Crippen LogP contribution is -2.26. The average Bonchev–Trinajstić information content (AvgIpc) is 2.70. The smallest absolute Gasteiger partial charge is 0.271 e. The minimum atomic E-state index is -0.381. The fourth-order valence-corrected chi connectivity index (χ4v) is 2.64. The van der Waals surface area contributed by atoms with Gasteiger partial charge in [-0.2, -0.15) is 0 Å². The van der Waals surface area contributed by atoms with E-state index >= 15 is 0 Å². The zero-order valence-electron chi connectivity index (χ0n) is 15.8. The Balaban J connectivity index is 1.55. The summed E-state index contributed by atoms with van der Waals surface area (Å²) in [5.41, 5.74) is 2.07. The second-order valence-electron chi connectivity index (χ2n) is 6.27. The molecule has 3 N–H and O–H groups in total.